The number of benzene rings is 2. The number of hydrogen-bond acceptors (Lipinski definition) is 5. The summed E-state index contributed by atoms with van der Waals surface area (Å²) >= 11 is 0. The predicted molar refractivity (Wildman–Crippen MR) is 91.4 cm³/mol. The number of rotatable bonds is 5. The molecule has 1 heterocycles. The van der Waals surface area contributed by atoms with Crippen molar-refractivity contribution < 1.29 is 23.8 Å². The van der Waals surface area contributed by atoms with Crippen molar-refractivity contribution in [2.75, 3.05) is 32.2 Å². The first-order chi connectivity index (χ1) is 12.2. The number of ether oxygens (including phenoxy) is 3. The van der Waals surface area contributed by atoms with Crippen LogP contribution in [0.15, 0.2) is 42.5 Å². The maximum atomic E-state index is 12.0. The molecule has 0 spiro atoms. The lowest BCUT2D eigenvalue weighted by Crippen LogP contribution is -2.21. The Morgan fingerprint density at radius 1 is 1.08 bits per heavy atom. The standard InChI is InChI=1S/C18H18N2O5/c1-19-18(22)12-3-2-4-13(9-12)20-17(21)11-25-14-5-6-15-16(10-14)24-8-7-23-15/h2-6,9-10H,7-8,11H2,1H3,(H,19,22)(H,20,21). The minimum absolute atomic E-state index is 0.163. The largest absolute Gasteiger partial charge is 0.486 e. The average molecular weight is 342 g/mol. The van der Waals surface area contributed by atoms with E-state index in [1.165, 1.54) is 0 Å². The molecule has 7 heteroatoms. The summed E-state index contributed by atoms with van der Waals surface area (Å²) in [6.45, 7) is 0.840. The molecular formula is C18H18N2O5. The van der Waals surface area contributed by atoms with Gasteiger partial charge in [-0.3, -0.25) is 9.59 Å². The van der Waals surface area contributed by atoms with Crippen molar-refractivity contribution in [3.05, 3.63) is 48.0 Å². The first-order valence-corrected chi connectivity index (χ1v) is 7.80. The fraction of sp³-hybridized carbons (Fsp3) is 0.222. The monoisotopic (exact) mass is 342 g/mol. The molecule has 0 saturated heterocycles. The van der Waals surface area contributed by atoms with E-state index < -0.39 is 0 Å². The molecule has 0 saturated carbocycles. The number of anilines is 1. The van der Waals surface area contributed by atoms with Crippen LogP contribution in [0.1, 0.15) is 10.4 Å². The second kappa shape index (κ2) is 7.57. The smallest absolute Gasteiger partial charge is 0.262 e. The molecule has 0 atom stereocenters. The van der Waals surface area contributed by atoms with Crippen molar-refractivity contribution >= 4 is 17.5 Å². The lowest BCUT2D eigenvalue weighted by atomic mass is 10.2. The molecule has 3 rings (SSSR count). The lowest BCUT2D eigenvalue weighted by molar-refractivity contribution is -0.118. The highest BCUT2D eigenvalue weighted by atomic mass is 16.6. The molecule has 0 aromatic heterocycles. The second-order valence-corrected chi connectivity index (χ2v) is 5.30. The normalized spacial score (nSPS) is 12.2. The van der Waals surface area contributed by atoms with Crippen molar-refractivity contribution in [1.29, 1.82) is 0 Å². The molecule has 2 amide bonds. The number of fused-ring (bicyclic) bond motifs is 1. The van der Waals surface area contributed by atoms with Gasteiger partial charge in [-0.2, -0.15) is 0 Å². The van der Waals surface area contributed by atoms with Gasteiger partial charge in [0.2, 0.25) is 0 Å². The molecule has 130 valence electrons. The molecule has 0 aliphatic carbocycles. The van der Waals surface area contributed by atoms with Crippen molar-refractivity contribution in [2.24, 2.45) is 0 Å². The minimum Gasteiger partial charge on any atom is -0.486 e. The van der Waals surface area contributed by atoms with Gasteiger partial charge in [0, 0.05) is 24.4 Å². The Morgan fingerprint density at radius 3 is 2.68 bits per heavy atom. The zero-order valence-electron chi connectivity index (χ0n) is 13.7. The highest BCUT2D eigenvalue weighted by molar-refractivity contribution is 5.97. The van der Waals surface area contributed by atoms with Gasteiger partial charge in [0.1, 0.15) is 19.0 Å². The maximum Gasteiger partial charge on any atom is 0.262 e. The molecule has 0 unspecified atom stereocenters. The summed E-state index contributed by atoms with van der Waals surface area (Å²) in [7, 11) is 1.55. The van der Waals surface area contributed by atoms with Gasteiger partial charge in [0.25, 0.3) is 11.8 Å². The van der Waals surface area contributed by atoms with Gasteiger partial charge in [-0.05, 0) is 30.3 Å². The van der Waals surface area contributed by atoms with E-state index in [0.29, 0.717) is 41.7 Å². The molecule has 1 aliphatic rings. The fourth-order valence-electron chi connectivity index (χ4n) is 2.34. The summed E-state index contributed by atoms with van der Waals surface area (Å²) in [5, 5.41) is 5.23. The van der Waals surface area contributed by atoms with Crippen LogP contribution in [0.2, 0.25) is 0 Å². The van der Waals surface area contributed by atoms with Gasteiger partial charge in [-0.15, -0.1) is 0 Å². The van der Waals surface area contributed by atoms with E-state index in [1.807, 2.05) is 0 Å². The van der Waals surface area contributed by atoms with Gasteiger partial charge in [-0.1, -0.05) is 6.07 Å². The van der Waals surface area contributed by atoms with E-state index >= 15 is 0 Å². The zero-order chi connectivity index (χ0) is 17.6. The van der Waals surface area contributed by atoms with E-state index in [9.17, 15) is 9.59 Å². The Hall–Kier alpha value is -3.22. The van der Waals surface area contributed by atoms with Gasteiger partial charge in [0.15, 0.2) is 18.1 Å². The summed E-state index contributed by atoms with van der Waals surface area (Å²) < 4.78 is 16.4. The molecule has 2 N–H and O–H groups in total. The van der Waals surface area contributed by atoms with Crippen LogP contribution >= 0.6 is 0 Å². The van der Waals surface area contributed by atoms with E-state index in [4.69, 9.17) is 14.2 Å². The van der Waals surface area contributed by atoms with Crippen LogP contribution in [-0.2, 0) is 4.79 Å². The molecule has 0 fully saturated rings. The summed E-state index contributed by atoms with van der Waals surface area (Å²) in [6, 6.07) is 11.8. The zero-order valence-corrected chi connectivity index (χ0v) is 13.7. The average Bonchev–Trinajstić information content (AvgIpc) is 2.65. The second-order valence-electron chi connectivity index (χ2n) is 5.30. The van der Waals surface area contributed by atoms with Crippen LogP contribution in [0.25, 0.3) is 0 Å². The SMILES string of the molecule is CNC(=O)c1cccc(NC(=O)COc2ccc3c(c2)OCCO3)c1. The van der Waals surface area contributed by atoms with Crippen LogP contribution in [0.3, 0.4) is 0 Å². The van der Waals surface area contributed by atoms with Crippen LogP contribution in [0.4, 0.5) is 5.69 Å². The Balaban J connectivity index is 1.57. The van der Waals surface area contributed by atoms with Crippen LogP contribution < -0.4 is 24.8 Å². The number of amides is 2. The predicted octanol–water partition coefficient (Wildman–Crippen LogP) is 1.83. The first-order valence-electron chi connectivity index (χ1n) is 7.80. The molecule has 2 aromatic rings. The molecule has 7 nitrogen and oxygen atoms in total. The third-order valence-electron chi connectivity index (χ3n) is 3.52. The summed E-state index contributed by atoms with van der Waals surface area (Å²) in [6.07, 6.45) is 0. The van der Waals surface area contributed by atoms with Gasteiger partial charge in [0.05, 0.1) is 0 Å². The number of hydrogen-bond donors (Lipinski definition) is 2. The summed E-state index contributed by atoms with van der Waals surface area (Å²) in [4.78, 5) is 23.6. The van der Waals surface area contributed by atoms with E-state index in [-0.39, 0.29) is 18.4 Å². The van der Waals surface area contributed by atoms with Gasteiger partial charge < -0.3 is 24.8 Å². The van der Waals surface area contributed by atoms with E-state index in [1.54, 1.807) is 49.5 Å². The number of carbonyl (C=O) groups excluding carboxylic acids is 2. The maximum absolute atomic E-state index is 12.0. The van der Waals surface area contributed by atoms with E-state index in [0.717, 1.165) is 0 Å². The quantitative estimate of drug-likeness (QED) is 0.866. The Labute approximate surface area is 144 Å². The summed E-state index contributed by atoms with van der Waals surface area (Å²) in [5.74, 6) is 1.22. The Morgan fingerprint density at radius 2 is 1.88 bits per heavy atom. The van der Waals surface area contributed by atoms with Gasteiger partial charge >= 0.3 is 0 Å². The van der Waals surface area contributed by atoms with Crippen molar-refractivity contribution in [1.82, 2.24) is 5.32 Å². The fourth-order valence-corrected chi connectivity index (χ4v) is 2.34. The highest BCUT2D eigenvalue weighted by Gasteiger charge is 2.13. The first kappa shape index (κ1) is 16.6. The van der Waals surface area contributed by atoms with Crippen molar-refractivity contribution in [3.8, 4) is 17.2 Å². The van der Waals surface area contributed by atoms with Crippen molar-refractivity contribution in [3.63, 3.8) is 0 Å². The highest BCUT2D eigenvalue weighted by Crippen LogP contribution is 2.33. The number of nitrogens with one attached hydrogen (secondary N) is 2. The third kappa shape index (κ3) is 4.20. The third-order valence-corrected chi connectivity index (χ3v) is 3.52. The van der Waals surface area contributed by atoms with Crippen LogP contribution in [-0.4, -0.2) is 38.7 Å². The molecule has 25 heavy (non-hydrogen) atoms. The van der Waals surface area contributed by atoms with Crippen LogP contribution in [0, 0.1) is 0 Å². The minimum atomic E-state index is -0.330. The topological polar surface area (TPSA) is 85.9 Å². The molecule has 1 aliphatic heterocycles. The van der Waals surface area contributed by atoms with Gasteiger partial charge in [-0.25, -0.2) is 0 Å². The van der Waals surface area contributed by atoms with E-state index in [2.05, 4.69) is 10.6 Å². The summed E-state index contributed by atoms with van der Waals surface area (Å²) in [5.41, 5.74) is 0.991. The lowest BCUT2D eigenvalue weighted by Gasteiger charge is -2.18. The Kier molecular flexibility index (Phi) is 5.03. The van der Waals surface area contributed by atoms with Crippen molar-refractivity contribution in [2.45, 2.75) is 0 Å². The molecule has 0 bridgehead atoms. The van der Waals surface area contributed by atoms with Crippen LogP contribution in [0.5, 0.6) is 17.2 Å². The molecule has 2 aromatic carbocycles. The molecule has 0 radical (unpaired) electrons. The Bertz CT molecular complexity index is 791. The number of carbonyl (C=O) groups is 2. The molecular weight excluding hydrogens is 324 g/mol.